The molecule has 0 saturated carbocycles. The molecule has 0 spiro atoms. The number of hydrogen-bond donors (Lipinski definition) is 1. The maximum atomic E-state index is 12.7. The lowest BCUT2D eigenvalue weighted by Gasteiger charge is -2.15. The molecule has 140 valence electrons. The number of nitrogens with zero attached hydrogens (tertiary/aromatic N) is 4. The molecule has 1 atom stereocenters. The average Bonchev–Trinajstić information content (AvgIpc) is 2.89. The minimum atomic E-state index is -4.56. The van der Waals surface area contributed by atoms with Crippen LogP contribution in [0.5, 0.6) is 0 Å². The molecule has 0 aromatic heterocycles. The molecule has 1 aliphatic heterocycles. The highest BCUT2D eigenvalue weighted by Gasteiger charge is 2.36. The van der Waals surface area contributed by atoms with Crippen molar-refractivity contribution in [3.05, 3.63) is 52.5 Å². The Morgan fingerprint density at radius 3 is 2.44 bits per heavy atom. The van der Waals surface area contributed by atoms with E-state index in [2.05, 4.69) is 15.3 Å². The first-order chi connectivity index (χ1) is 12.7. The van der Waals surface area contributed by atoms with Crippen LogP contribution in [0.15, 0.2) is 62.7 Å². The zero-order valence-electron chi connectivity index (χ0n) is 13.7. The van der Waals surface area contributed by atoms with Gasteiger partial charge in [-0.05, 0) is 31.2 Å². The quantitative estimate of drug-likeness (QED) is 0.584. The van der Waals surface area contributed by atoms with Crippen molar-refractivity contribution in [3.8, 4) is 0 Å². The highest BCUT2D eigenvalue weighted by Crippen LogP contribution is 2.36. The van der Waals surface area contributed by atoms with Crippen molar-refractivity contribution >= 4 is 56.3 Å². The third-order valence-corrected chi connectivity index (χ3v) is 5.27. The summed E-state index contributed by atoms with van der Waals surface area (Å²) in [4.78, 5) is 12.1. The Balaban J connectivity index is 1.93. The van der Waals surface area contributed by atoms with E-state index in [0.29, 0.717) is 11.4 Å². The summed E-state index contributed by atoms with van der Waals surface area (Å²) in [5.41, 5.74) is 1.02. The molecule has 11 heteroatoms. The van der Waals surface area contributed by atoms with Gasteiger partial charge in [-0.3, -0.25) is 9.35 Å². The van der Waals surface area contributed by atoms with E-state index in [4.69, 9.17) is 27.8 Å². The zero-order valence-corrected chi connectivity index (χ0v) is 16.1. The van der Waals surface area contributed by atoms with Crippen LogP contribution in [0.1, 0.15) is 6.92 Å². The molecular weight excluding hydrogens is 415 g/mol. The number of anilines is 1. The van der Waals surface area contributed by atoms with Crippen LogP contribution in [-0.4, -0.2) is 30.6 Å². The van der Waals surface area contributed by atoms with E-state index in [1.54, 1.807) is 31.2 Å². The number of carbonyl (C=O) groups is 1. The second-order valence-electron chi connectivity index (χ2n) is 5.55. The van der Waals surface area contributed by atoms with Gasteiger partial charge in [0.25, 0.3) is 16.0 Å². The maximum Gasteiger partial charge on any atom is 0.296 e. The first kappa shape index (κ1) is 19.4. The Bertz CT molecular complexity index is 1070. The van der Waals surface area contributed by atoms with Gasteiger partial charge in [-0.15, -0.1) is 0 Å². The molecule has 0 unspecified atom stereocenters. The summed E-state index contributed by atoms with van der Waals surface area (Å²) in [7, 11) is -4.56. The Labute approximate surface area is 164 Å². The lowest BCUT2D eigenvalue weighted by atomic mass is 10.2. The Hall–Kier alpha value is -2.33. The predicted molar refractivity (Wildman–Crippen MR) is 102 cm³/mol. The van der Waals surface area contributed by atoms with Crippen molar-refractivity contribution in [2.45, 2.75) is 17.9 Å². The van der Waals surface area contributed by atoms with Crippen LogP contribution in [0, 0.1) is 0 Å². The lowest BCUT2D eigenvalue weighted by molar-refractivity contribution is -0.117. The smallest absolute Gasteiger partial charge is 0.282 e. The molecule has 1 N–H and O–H groups in total. The molecule has 0 bridgehead atoms. The predicted octanol–water partition coefficient (Wildman–Crippen LogP) is 4.12. The van der Waals surface area contributed by atoms with Crippen LogP contribution in [0.4, 0.5) is 11.4 Å². The molecule has 1 aliphatic rings. The number of azo groups is 1. The van der Waals surface area contributed by atoms with Gasteiger partial charge in [0.1, 0.15) is 4.90 Å². The van der Waals surface area contributed by atoms with E-state index in [1.807, 2.05) is 6.07 Å². The van der Waals surface area contributed by atoms with Crippen LogP contribution >= 0.6 is 23.2 Å². The van der Waals surface area contributed by atoms with E-state index >= 15 is 0 Å². The summed E-state index contributed by atoms with van der Waals surface area (Å²) < 4.78 is 31.8. The van der Waals surface area contributed by atoms with Crippen LogP contribution in [0.25, 0.3) is 0 Å². The minimum absolute atomic E-state index is 0.0656. The standard InChI is InChI=1S/C16H12Cl2N4O4S/c1-9-15(20-19-10-5-3-2-4-6-10)16(23)22(21-9)13-7-12(18)14(8-11(13)17)27(24,25)26/h2-8,15H,1H3,(H,24,25,26)/t15-/m0/s1. The summed E-state index contributed by atoms with van der Waals surface area (Å²) in [6, 6.07) is 10.0. The van der Waals surface area contributed by atoms with E-state index in [-0.39, 0.29) is 15.7 Å². The molecule has 0 aliphatic carbocycles. The SMILES string of the molecule is CC1=NN(c2cc(Cl)c(S(=O)(=O)O)cc2Cl)C(=O)[C@H]1N=Nc1ccccc1. The number of amides is 1. The Morgan fingerprint density at radius 2 is 1.81 bits per heavy atom. The lowest BCUT2D eigenvalue weighted by Crippen LogP contribution is -2.30. The van der Waals surface area contributed by atoms with E-state index in [9.17, 15) is 13.2 Å². The highest BCUT2D eigenvalue weighted by atomic mass is 35.5. The van der Waals surface area contributed by atoms with Gasteiger partial charge in [0.05, 0.1) is 27.1 Å². The minimum Gasteiger partial charge on any atom is -0.282 e. The van der Waals surface area contributed by atoms with E-state index in [1.165, 1.54) is 0 Å². The van der Waals surface area contributed by atoms with Crippen molar-refractivity contribution < 1.29 is 17.8 Å². The Morgan fingerprint density at radius 1 is 1.15 bits per heavy atom. The van der Waals surface area contributed by atoms with Gasteiger partial charge in [-0.1, -0.05) is 41.4 Å². The molecule has 0 radical (unpaired) electrons. The molecule has 8 nitrogen and oxygen atoms in total. The molecule has 27 heavy (non-hydrogen) atoms. The van der Waals surface area contributed by atoms with Gasteiger partial charge >= 0.3 is 0 Å². The molecule has 0 saturated heterocycles. The maximum absolute atomic E-state index is 12.7. The van der Waals surface area contributed by atoms with Gasteiger partial charge in [-0.25, -0.2) is 0 Å². The molecule has 2 aromatic rings. The van der Waals surface area contributed by atoms with Gasteiger partial charge < -0.3 is 0 Å². The summed E-state index contributed by atoms with van der Waals surface area (Å²) in [5, 5.41) is 12.7. The highest BCUT2D eigenvalue weighted by molar-refractivity contribution is 7.86. The monoisotopic (exact) mass is 426 g/mol. The zero-order chi connectivity index (χ0) is 19.8. The number of halogens is 2. The van der Waals surface area contributed by atoms with E-state index in [0.717, 1.165) is 17.1 Å². The fourth-order valence-corrected chi connectivity index (χ4v) is 3.69. The normalized spacial score (nSPS) is 17.6. The summed E-state index contributed by atoms with van der Waals surface area (Å²) in [5.74, 6) is -0.523. The molecule has 0 fully saturated rings. The van der Waals surface area contributed by atoms with Crippen molar-refractivity contribution in [2.24, 2.45) is 15.3 Å². The van der Waals surface area contributed by atoms with Crippen LogP contribution in [0.2, 0.25) is 10.0 Å². The van der Waals surface area contributed by atoms with Crippen molar-refractivity contribution in [3.63, 3.8) is 0 Å². The topological polar surface area (TPSA) is 112 Å². The first-order valence-corrected chi connectivity index (χ1v) is 9.69. The molecule has 3 rings (SSSR count). The number of hydrazone groups is 1. The molecule has 1 amide bonds. The van der Waals surface area contributed by atoms with Crippen molar-refractivity contribution in [2.75, 3.05) is 5.01 Å². The first-order valence-electron chi connectivity index (χ1n) is 7.50. The second kappa shape index (κ2) is 7.35. The number of benzene rings is 2. The van der Waals surface area contributed by atoms with Gasteiger partial charge in [0.2, 0.25) is 0 Å². The van der Waals surface area contributed by atoms with Crippen molar-refractivity contribution in [1.82, 2.24) is 0 Å². The number of rotatable bonds is 4. The number of carbonyl (C=O) groups excluding carboxylic acids is 1. The fraction of sp³-hybridized carbons (Fsp3) is 0.125. The van der Waals surface area contributed by atoms with Crippen LogP contribution < -0.4 is 5.01 Å². The van der Waals surface area contributed by atoms with Gasteiger partial charge in [0.15, 0.2) is 6.04 Å². The van der Waals surface area contributed by atoms with Crippen LogP contribution in [0.3, 0.4) is 0 Å². The summed E-state index contributed by atoms with van der Waals surface area (Å²) >= 11 is 12.0. The second-order valence-corrected chi connectivity index (χ2v) is 7.76. The van der Waals surface area contributed by atoms with Crippen molar-refractivity contribution in [1.29, 1.82) is 0 Å². The summed E-state index contributed by atoms with van der Waals surface area (Å²) in [6.07, 6.45) is 0. The van der Waals surface area contributed by atoms with E-state index < -0.39 is 27.0 Å². The average molecular weight is 427 g/mol. The largest absolute Gasteiger partial charge is 0.296 e. The molecule has 2 aromatic carbocycles. The summed E-state index contributed by atoms with van der Waals surface area (Å²) in [6.45, 7) is 1.61. The Kier molecular flexibility index (Phi) is 5.29. The van der Waals surface area contributed by atoms with Crippen LogP contribution in [-0.2, 0) is 14.9 Å². The fourth-order valence-electron chi connectivity index (χ4n) is 2.36. The molecular formula is C16H12Cl2N4O4S. The number of hydrogen-bond acceptors (Lipinski definition) is 6. The molecule has 1 heterocycles. The third-order valence-electron chi connectivity index (χ3n) is 3.65. The van der Waals surface area contributed by atoms with Gasteiger partial charge in [0, 0.05) is 0 Å². The third kappa shape index (κ3) is 4.01. The van der Waals surface area contributed by atoms with Gasteiger partial charge in [-0.2, -0.15) is 28.8 Å².